The van der Waals surface area contributed by atoms with E-state index in [-0.39, 0.29) is 123 Å². The van der Waals surface area contributed by atoms with Crippen LogP contribution in [-0.4, -0.2) is 114 Å². The van der Waals surface area contributed by atoms with E-state index in [1.165, 1.54) is 50.2 Å². The molecule has 0 unspecified atom stereocenters. The highest BCUT2D eigenvalue weighted by Gasteiger charge is 2.24. The number of carbonyl (C=O) groups excluding carboxylic acids is 7. The van der Waals surface area contributed by atoms with Gasteiger partial charge in [-0.15, -0.1) is 0 Å². The zero-order chi connectivity index (χ0) is 50.4. The SMILES string of the molecule is C=C(C)C(=O)OCCNC(=O)OCCOc1cc2cc(c1)C(=O)NCC1CCC(CC1)CNC(=O)c1cc(OCCOC(=O)NCCOC(=O)C(=C)C)cc(c1)C([O-])=NCc1ccc(cc1)CNC2=O. The number of amides is 5. The predicted molar refractivity (Wildman–Crippen MR) is 252 cm³/mol. The zero-order valence-corrected chi connectivity index (χ0v) is 39.3. The second-order valence-electron chi connectivity index (χ2n) is 16.6. The van der Waals surface area contributed by atoms with Crippen molar-refractivity contribution in [3.63, 3.8) is 0 Å². The third-order valence-corrected chi connectivity index (χ3v) is 10.9. The summed E-state index contributed by atoms with van der Waals surface area (Å²) in [6.45, 7) is 10.3. The summed E-state index contributed by atoms with van der Waals surface area (Å²) in [5.74, 6) is -2.33. The van der Waals surface area contributed by atoms with E-state index in [1.807, 2.05) is 0 Å². The fourth-order valence-electron chi connectivity index (χ4n) is 7.03. The Morgan fingerprint density at radius 1 is 0.586 bits per heavy atom. The van der Waals surface area contributed by atoms with Gasteiger partial charge >= 0.3 is 24.1 Å². The molecule has 374 valence electrons. The molecule has 1 saturated carbocycles. The minimum absolute atomic E-state index is 0.0103. The molecule has 8 bridgehead atoms. The van der Waals surface area contributed by atoms with E-state index in [1.54, 1.807) is 24.3 Å². The quantitative estimate of drug-likeness (QED) is 0.0594. The molecule has 20 heteroatoms. The van der Waals surface area contributed by atoms with Crippen molar-refractivity contribution in [2.24, 2.45) is 16.8 Å². The second kappa shape index (κ2) is 27.2. The first-order valence-corrected chi connectivity index (χ1v) is 22.8. The average molecular weight is 968 g/mol. The van der Waals surface area contributed by atoms with Crippen LogP contribution in [0.4, 0.5) is 9.59 Å². The van der Waals surface area contributed by atoms with Crippen LogP contribution in [-0.2, 0) is 41.6 Å². The molecular formula is C50H59N6O14-. The molecule has 3 aromatic rings. The van der Waals surface area contributed by atoms with Crippen molar-refractivity contribution in [3.05, 3.63) is 118 Å². The largest absolute Gasteiger partial charge is 0.858 e. The van der Waals surface area contributed by atoms with E-state index in [2.05, 4.69) is 44.7 Å². The molecular weight excluding hydrogens is 909 g/mol. The Morgan fingerprint density at radius 2 is 1.00 bits per heavy atom. The second-order valence-corrected chi connectivity index (χ2v) is 16.6. The molecule has 0 saturated heterocycles. The predicted octanol–water partition coefficient (Wildman–Crippen LogP) is 3.65. The summed E-state index contributed by atoms with van der Waals surface area (Å²) >= 11 is 0. The molecule has 1 fully saturated rings. The van der Waals surface area contributed by atoms with Crippen LogP contribution in [0.2, 0.25) is 0 Å². The first kappa shape index (κ1) is 53.1. The number of nitrogens with one attached hydrogen (secondary N) is 5. The first-order chi connectivity index (χ1) is 33.6. The molecule has 5 N–H and O–H groups in total. The van der Waals surface area contributed by atoms with Crippen molar-refractivity contribution < 1.29 is 67.1 Å². The molecule has 3 aromatic carbocycles. The Morgan fingerprint density at radius 3 is 1.46 bits per heavy atom. The summed E-state index contributed by atoms with van der Waals surface area (Å²) in [4.78, 5) is 92.1. The zero-order valence-electron chi connectivity index (χ0n) is 39.3. The van der Waals surface area contributed by atoms with Gasteiger partial charge in [-0.1, -0.05) is 37.4 Å². The minimum Gasteiger partial charge on any atom is -0.858 e. The summed E-state index contributed by atoms with van der Waals surface area (Å²) < 4.78 is 31.8. The van der Waals surface area contributed by atoms with Gasteiger partial charge in [0, 0.05) is 47.5 Å². The number of benzene rings is 3. The Hall–Kier alpha value is -7.90. The van der Waals surface area contributed by atoms with E-state index >= 15 is 0 Å². The van der Waals surface area contributed by atoms with Crippen LogP contribution in [0, 0.1) is 11.8 Å². The van der Waals surface area contributed by atoms with Crippen molar-refractivity contribution >= 4 is 47.7 Å². The lowest BCUT2D eigenvalue weighted by Crippen LogP contribution is -2.35. The van der Waals surface area contributed by atoms with Crippen LogP contribution < -0.4 is 41.2 Å². The lowest BCUT2D eigenvalue weighted by atomic mass is 9.82. The summed E-state index contributed by atoms with van der Waals surface area (Å²) in [6.07, 6.45) is 1.64. The van der Waals surface area contributed by atoms with Gasteiger partial charge in [0.15, 0.2) is 0 Å². The Balaban J connectivity index is 1.23. The van der Waals surface area contributed by atoms with Crippen LogP contribution in [0.3, 0.4) is 0 Å². The van der Waals surface area contributed by atoms with Gasteiger partial charge in [0.05, 0.1) is 19.6 Å². The Labute approximate surface area is 405 Å². The monoisotopic (exact) mass is 967 g/mol. The molecule has 20 nitrogen and oxygen atoms in total. The van der Waals surface area contributed by atoms with E-state index < -0.39 is 47.7 Å². The number of esters is 2. The first-order valence-electron chi connectivity index (χ1n) is 22.8. The van der Waals surface area contributed by atoms with Crippen LogP contribution in [0.25, 0.3) is 0 Å². The van der Waals surface area contributed by atoms with Crippen molar-refractivity contribution in [1.82, 2.24) is 26.6 Å². The number of ether oxygens (including phenoxy) is 6. The van der Waals surface area contributed by atoms with Gasteiger partial charge in [0.1, 0.15) is 51.1 Å². The van der Waals surface area contributed by atoms with E-state index in [9.17, 15) is 38.7 Å². The molecule has 8 rings (SSSR count). The average Bonchev–Trinajstić information content (AvgIpc) is 3.36. The third kappa shape index (κ3) is 18.0. The summed E-state index contributed by atoms with van der Waals surface area (Å²) in [5, 5.41) is 27.2. The maximum atomic E-state index is 13.6. The number of hydrogen-bond donors (Lipinski definition) is 5. The van der Waals surface area contributed by atoms with E-state index in [0.29, 0.717) is 18.7 Å². The van der Waals surface area contributed by atoms with Gasteiger partial charge in [-0.2, -0.15) is 0 Å². The standard InChI is InChI=1S/C50H60N6O14/c1-31(2)47(61)67-15-13-51-49(63)69-19-17-65-41-23-37-21-38(24-41)44(58)54-28-34-7-11-36(12-8-34)30-56-46(60)40-22-39(45(59)55-29-35-9-5-33(6-10-35)27-53-43(37)57)25-42(26-40)66-18-20-70-50(64)52-14-16-68-48(62)32(3)4/h5-6,9-10,21-26,34,36H,1,3,7-8,11-20,27-30H2,2,4H3,(H,51,63)(H,52,64)(H,53,57)(H,54,58)(H,55,59)(H,56,60)/p-1. The summed E-state index contributed by atoms with van der Waals surface area (Å²) in [5.41, 5.74) is 2.54. The topological polar surface area (TPSA) is 270 Å². The molecule has 0 aromatic heterocycles. The number of nitrogens with zero attached hydrogens (tertiary/aromatic N) is 1. The van der Waals surface area contributed by atoms with Crippen LogP contribution >= 0.6 is 0 Å². The summed E-state index contributed by atoms with van der Waals surface area (Å²) in [6, 6.07) is 15.9. The van der Waals surface area contributed by atoms with Crippen molar-refractivity contribution in [2.75, 3.05) is 65.8 Å². The Kier molecular flexibility index (Phi) is 20.6. The van der Waals surface area contributed by atoms with Gasteiger partial charge in [-0.25, -0.2) is 19.2 Å². The fourth-order valence-corrected chi connectivity index (χ4v) is 7.03. The highest BCUT2D eigenvalue weighted by molar-refractivity contribution is 6.01. The maximum Gasteiger partial charge on any atom is 0.407 e. The van der Waals surface area contributed by atoms with Gasteiger partial charge < -0.3 is 60.1 Å². The van der Waals surface area contributed by atoms with Gasteiger partial charge in [-0.3, -0.25) is 19.4 Å². The fraction of sp³-hybridized carbons (Fsp3) is 0.400. The molecule has 1 aliphatic carbocycles. The smallest absolute Gasteiger partial charge is 0.407 e. The van der Waals surface area contributed by atoms with Crippen molar-refractivity contribution in [2.45, 2.75) is 52.6 Å². The van der Waals surface area contributed by atoms with Crippen LogP contribution in [0.1, 0.15) is 87.3 Å². The molecule has 5 amide bonds. The van der Waals surface area contributed by atoms with Crippen molar-refractivity contribution in [1.29, 1.82) is 0 Å². The maximum absolute atomic E-state index is 13.6. The number of carbonyl (C=O) groups is 7. The molecule has 5 aliphatic rings. The Bertz CT molecular complexity index is 2410. The lowest BCUT2D eigenvalue weighted by Gasteiger charge is -2.28. The molecule has 70 heavy (non-hydrogen) atoms. The molecule has 0 spiro atoms. The minimum atomic E-state index is -0.760. The third-order valence-electron chi connectivity index (χ3n) is 10.9. The number of aliphatic imine (C=N–C) groups is 1. The molecule has 0 radical (unpaired) electrons. The van der Waals surface area contributed by atoms with Gasteiger partial charge in [0.2, 0.25) is 0 Å². The number of rotatable bonds is 16. The normalized spacial score (nSPS) is 16.2. The number of alkyl carbamates (subject to hydrolysis) is 2. The molecule has 4 heterocycles. The van der Waals surface area contributed by atoms with Crippen LogP contribution in [0.15, 0.2) is 90.0 Å². The molecule has 4 aliphatic heterocycles. The lowest BCUT2D eigenvalue weighted by molar-refractivity contribution is -0.213. The molecule has 0 atom stereocenters. The van der Waals surface area contributed by atoms with E-state index in [0.717, 1.165) is 31.2 Å². The summed E-state index contributed by atoms with van der Waals surface area (Å²) in [7, 11) is 0. The van der Waals surface area contributed by atoms with E-state index in [4.69, 9.17) is 28.4 Å². The van der Waals surface area contributed by atoms with Crippen LogP contribution in [0.5, 0.6) is 11.5 Å². The van der Waals surface area contributed by atoms with Gasteiger partial charge in [-0.05, 0) is 110 Å². The van der Waals surface area contributed by atoms with Gasteiger partial charge in [0.25, 0.3) is 17.7 Å². The van der Waals surface area contributed by atoms with Crippen molar-refractivity contribution in [3.8, 4) is 11.5 Å². The number of hydrogen-bond acceptors (Lipinski definition) is 15. The highest BCUT2D eigenvalue weighted by Crippen LogP contribution is 2.29. The highest BCUT2D eigenvalue weighted by atomic mass is 16.6.